The average molecular weight is 611 g/mol. The summed E-state index contributed by atoms with van der Waals surface area (Å²) in [5.74, 6) is 0.211. The van der Waals surface area contributed by atoms with Crippen LogP contribution in [0, 0.1) is 5.92 Å². The Bertz CT molecular complexity index is 1610. The summed E-state index contributed by atoms with van der Waals surface area (Å²) in [4.78, 5) is 44.0. The number of carboxylic acids is 1. The molecule has 5 rings (SSSR count). The maximum Gasteiger partial charge on any atom is 0.416 e. The molecule has 232 valence electrons. The van der Waals surface area contributed by atoms with Crippen LogP contribution in [0.2, 0.25) is 0 Å². The van der Waals surface area contributed by atoms with Gasteiger partial charge in [0.25, 0.3) is 6.43 Å². The van der Waals surface area contributed by atoms with Gasteiger partial charge >= 0.3 is 12.1 Å². The highest BCUT2D eigenvalue weighted by Crippen LogP contribution is 2.33. The molecule has 1 aliphatic rings. The van der Waals surface area contributed by atoms with Crippen molar-refractivity contribution < 1.29 is 37.4 Å². The van der Waals surface area contributed by atoms with Gasteiger partial charge in [0, 0.05) is 25.4 Å². The molecule has 1 aliphatic carbocycles. The summed E-state index contributed by atoms with van der Waals surface area (Å²) in [5, 5.41) is 15.2. The van der Waals surface area contributed by atoms with Crippen LogP contribution in [0.3, 0.4) is 0 Å². The van der Waals surface area contributed by atoms with Crippen LogP contribution in [0.5, 0.6) is 0 Å². The van der Waals surface area contributed by atoms with Crippen molar-refractivity contribution in [1.29, 1.82) is 0 Å². The maximum atomic E-state index is 12.7. The van der Waals surface area contributed by atoms with Gasteiger partial charge in [0.2, 0.25) is 5.89 Å². The third-order valence-electron chi connectivity index (χ3n) is 6.26. The van der Waals surface area contributed by atoms with Gasteiger partial charge < -0.3 is 19.6 Å². The Labute approximate surface area is 251 Å². The van der Waals surface area contributed by atoms with Crippen molar-refractivity contribution in [3.63, 3.8) is 0 Å². The normalized spacial score (nSPS) is 12.7. The van der Waals surface area contributed by atoms with Crippen molar-refractivity contribution in [2.24, 2.45) is 5.92 Å². The van der Waals surface area contributed by atoms with Crippen molar-refractivity contribution in [3.05, 3.63) is 72.0 Å². The lowest BCUT2D eigenvalue weighted by Gasteiger charge is -2.27. The Morgan fingerprint density at radius 3 is 2.45 bits per heavy atom. The van der Waals surface area contributed by atoms with Gasteiger partial charge in [0.05, 0.1) is 23.1 Å². The van der Waals surface area contributed by atoms with Gasteiger partial charge in [-0.1, -0.05) is 0 Å². The number of halogens is 2. The molecule has 44 heavy (non-hydrogen) atoms. The number of aromatic nitrogens is 4. The molecular formula is C30H32F2N6O6. The third-order valence-corrected chi connectivity index (χ3v) is 6.26. The van der Waals surface area contributed by atoms with Crippen LogP contribution >= 0.6 is 0 Å². The molecule has 3 heterocycles. The van der Waals surface area contributed by atoms with Crippen LogP contribution in [-0.2, 0) is 4.74 Å². The molecular weight excluding hydrogens is 578 g/mol. The standard InChI is InChI=1S/C18H21N3O4.C12H11F2N3O2/c1-18(2,3)25-17(23)21(9-12-4-5-12)15-8-13(6-7-19-15)16-20-14(10-22)11-24-16;1-15-9-6-17(16-10(9)11(13)14)8-4-2-7(3-5-8)12(18)19/h6-8,10-12H,4-5,9H2,1-3H3;2-6,11,15H,1H3,(H,18,19). The number of oxazole rings is 1. The van der Waals surface area contributed by atoms with E-state index < -0.39 is 24.1 Å². The van der Waals surface area contributed by atoms with Gasteiger partial charge in [-0.25, -0.2) is 33.0 Å². The number of hydrogen-bond acceptors (Lipinski definition) is 9. The molecule has 0 aliphatic heterocycles. The van der Waals surface area contributed by atoms with Crippen LogP contribution in [-0.4, -0.2) is 62.4 Å². The lowest BCUT2D eigenvalue weighted by atomic mass is 10.2. The van der Waals surface area contributed by atoms with E-state index in [4.69, 9.17) is 14.3 Å². The van der Waals surface area contributed by atoms with Gasteiger partial charge in [0.1, 0.15) is 23.4 Å². The monoisotopic (exact) mass is 610 g/mol. The Morgan fingerprint density at radius 1 is 1.23 bits per heavy atom. The minimum atomic E-state index is -2.68. The van der Waals surface area contributed by atoms with Gasteiger partial charge in [-0.3, -0.25) is 9.69 Å². The van der Waals surface area contributed by atoms with Crippen LogP contribution < -0.4 is 10.2 Å². The lowest BCUT2D eigenvalue weighted by molar-refractivity contribution is 0.0576. The smallest absolute Gasteiger partial charge is 0.416 e. The minimum Gasteiger partial charge on any atom is -0.478 e. The predicted molar refractivity (Wildman–Crippen MR) is 156 cm³/mol. The largest absolute Gasteiger partial charge is 0.478 e. The molecule has 1 amide bonds. The van der Waals surface area contributed by atoms with Gasteiger partial charge in [0.15, 0.2) is 12.0 Å². The zero-order chi connectivity index (χ0) is 32.0. The quantitative estimate of drug-likeness (QED) is 0.208. The first kappa shape index (κ1) is 31.8. The number of carbonyl (C=O) groups is 3. The molecule has 0 saturated heterocycles. The number of hydrogen-bond donors (Lipinski definition) is 2. The van der Waals surface area contributed by atoms with Gasteiger partial charge in [-0.2, -0.15) is 5.10 Å². The van der Waals surface area contributed by atoms with E-state index in [1.54, 1.807) is 23.2 Å². The molecule has 0 spiro atoms. The highest BCUT2D eigenvalue weighted by Gasteiger charge is 2.31. The molecule has 12 nitrogen and oxygen atoms in total. The van der Waals surface area contributed by atoms with Crippen molar-refractivity contribution in [1.82, 2.24) is 19.7 Å². The molecule has 2 N–H and O–H groups in total. The van der Waals surface area contributed by atoms with E-state index in [2.05, 4.69) is 20.4 Å². The highest BCUT2D eigenvalue weighted by atomic mass is 19.3. The number of carbonyl (C=O) groups excluding carboxylic acids is 2. The van der Waals surface area contributed by atoms with Crippen LogP contribution in [0.25, 0.3) is 17.1 Å². The van der Waals surface area contributed by atoms with Crippen molar-refractivity contribution >= 4 is 29.9 Å². The number of rotatable bonds is 9. The van der Waals surface area contributed by atoms with Crippen molar-refractivity contribution in [3.8, 4) is 17.1 Å². The number of benzene rings is 1. The SMILES string of the molecule is CC(C)(C)OC(=O)N(CC1CC1)c1cc(-c2nc(C=O)co2)ccn1.CNc1cn(-c2ccc(C(=O)O)cc2)nc1C(F)F. The molecule has 0 atom stereocenters. The maximum absolute atomic E-state index is 12.7. The molecule has 1 fully saturated rings. The number of aromatic carboxylic acids is 1. The fourth-order valence-corrected chi connectivity index (χ4v) is 3.94. The first-order valence-corrected chi connectivity index (χ1v) is 13.7. The van der Waals surface area contributed by atoms with Gasteiger partial charge in [-0.15, -0.1) is 0 Å². The fourth-order valence-electron chi connectivity index (χ4n) is 3.94. The molecule has 1 aromatic carbocycles. The Morgan fingerprint density at radius 2 is 1.93 bits per heavy atom. The number of nitrogens with one attached hydrogen (secondary N) is 1. The molecule has 14 heteroatoms. The second-order valence-corrected chi connectivity index (χ2v) is 10.9. The second-order valence-electron chi connectivity index (χ2n) is 10.9. The van der Waals surface area contributed by atoms with E-state index in [-0.39, 0.29) is 22.6 Å². The van der Waals surface area contributed by atoms with Crippen LogP contribution in [0.15, 0.2) is 59.5 Å². The molecule has 0 bridgehead atoms. The van der Waals surface area contributed by atoms with E-state index in [0.717, 1.165) is 12.8 Å². The summed E-state index contributed by atoms with van der Waals surface area (Å²) in [5.41, 5.74) is 0.796. The summed E-state index contributed by atoms with van der Waals surface area (Å²) >= 11 is 0. The predicted octanol–water partition coefficient (Wildman–Crippen LogP) is 6.25. The summed E-state index contributed by atoms with van der Waals surface area (Å²) in [6, 6.07) is 9.22. The average Bonchev–Trinajstić information content (AvgIpc) is 3.49. The number of pyridine rings is 1. The number of amides is 1. The summed E-state index contributed by atoms with van der Waals surface area (Å²) in [6.45, 7) is 6.06. The Kier molecular flexibility index (Phi) is 9.71. The fraction of sp³-hybridized carbons (Fsp3) is 0.333. The van der Waals surface area contributed by atoms with Crippen LogP contribution in [0.1, 0.15) is 66.6 Å². The van der Waals surface area contributed by atoms with Crippen molar-refractivity contribution in [2.75, 3.05) is 23.8 Å². The molecule has 4 aromatic rings. The van der Waals surface area contributed by atoms with Crippen molar-refractivity contribution in [2.45, 2.75) is 45.6 Å². The Hall–Kier alpha value is -5.14. The minimum absolute atomic E-state index is 0.124. The first-order chi connectivity index (χ1) is 20.9. The highest BCUT2D eigenvalue weighted by molar-refractivity contribution is 5.88. The number of nitrogens with zero attached hydrogens (tertiary/aromatic N) is 5. The molecule has 1 saturated carbocycles. The van der Waals surface area contributed by atoms with E-state index in [0.29, 0.717) is 41.7 Å². The number of ether oxygens (including phenoxy) is 1. The summed E-state index contributed by atoms with van der Waals surface area (Å²) < 4.78 is 37.5. The number of carboxylic acid groups (broad SMARTS) is 1. The first-order valence-electron chi connectivity index (χ1n) is 13.7. The Balaban J connectivity index is 0.000000209. The molecule has 3 aromatic heterocycles. The number of aldehydes is 1. The van der Waals surface area contributed by atoms with E-state index in [1.807, 2.05) is 20.8 Å². The number of anilines is 2. The zero-order valence-electron chi connectivity index (χ0n) is 24.5. The molecule has 0 unspecified atom stereocenters. The van der Waals surface area contributed by atoms with Crippen LogP contribution in [0.4, 0.5) is 25.1 Å². The molecule has 0 radical (unpaired) electrons. The van der Waals surface area contributed by atoms with E-state index in [1.165, 1.54) is 48.5 Å². The summed E-state index contributed by atoms with van der Waals surface area (Å²) in [7, 11) is 1.53. The zero-order valence-corrected chi connectivity index (χ0v) is 24.5. The second kappa shape index (κ2) is 13.4. The third kappa shape index (κ3) is 8.24. The van der Waals surface area contributed by atoms with Gasteiger partial charge in [-0.05, 0) is 75.9 Å². The number of alkyl halides is 2. The lowest BCUT2D eigenvalue weighted by Crippen LogP contribution is -2.38. The van der Waals surface area contributed by atoms with E-state index in [9.17, 15) is 23.2 Å². The van der Waals surface area contributed by atoms with E-state index >= 15 is 0 Å². The summed E-state index contributed by atoms with van der Waals surface area (Å²) in [6.07, 6.45) is 4.01. The topological polar surface area (TPSA) is 153 Å².